The molecular weight excluding hydrogens is 322 g/mol. The Morgan fingerprint density at radius 2 is 1.75 bits per heavy atom. The van der Waals surface area contributed by atoms with Gasteiger partial charge >= 0.3 is 0 Å². The van der Waals surface area contributed by atoms with E-state index in [1.165, 1.54) is 0 Å². The van der Waals surface area contributed by atoms with Gasteiger partial charge in [-0.15, -0.1) is 10.2 Å². The Balaban J connectivity index is 1.71. The Bertz CT molecular complexity index is 813. The number of nitrogens with one attached hydrogen (secondary N) is 1. The summed E-state index contributed by atoms with van der Waals surface area (Å²) in [6.45, 7) is 6.15. The molecule has 0 saturated carbocycles. The summed E-state index contributed by atoms with van der Waals surface area (Å²) < 4.78 is 5.84. The smallest absolute Gasteiger partial charge is 0.247 e. The maximum absolute atomic E-state index is 5.94. The summed E-state index contributed by atoms with van der Waals surface area (Å²) in [5.74, 6) is 1.12. The van der Waals surface area contributed by atoms with Gasteiger partial charge in [-0.2, -0.15) is 0 Å². The summed E-state index contributed by atoms with van der Waals surface area (Å²) in [4.78, 5) is 0. The Hall–Kier alpha value is -2.17. The number of rotatable bonds is 5. The van der Waals surface area contributed by atoms with Crippen LogP contribution in [-0.2, 0) is 0 Å². The zero-order valence-corrected chi connectivity index (χ0v) is 14.7. The molecule has 4 nitrogen and oxygen atoms in total. The van der Waals surface area contributed by atoms with Gasteiger partial charge in [0.15, 0.2) is 0 Å². The average molecular weight is 342 g/mol. The maximum Gasteiger partial charge on any atom is 0.247 e. The summed E-state index contributed by atoms with van der Waals surface area (Å²) in [6, 6.07) is 15.9. The zero-order valence-electron chi connectivity index (χ0n) is 14.0. The van der Waals surface area contributed by atoms with Gasteiger partial charge in [0.25, 0.3) is 0 Å². The first-order valence-electron chi connectivity index (χ1n) is 7.95. The number of aromatic nitrogens is 2. The highest BCUT2D eigenvalue weighted by molar-refractivity contribution is 6.30. The van der Waals surface area contributed by atoms with E-state index < -0.39 is 0 Å². The third kappa shape index (κ3) is 3.83. The van der Waals surface area contributed by atoms with Crippen LogP contribution in [0.4, 0.5) is 0 Å². The van der Waals surface area contributed by atoms with Gasteiger partial charge < -0.3 is 4.42 Å². The third-order valence-corrected chi connectivity index (χ3v) is 4.20. The molecule has 0 aliphatic carbocycles. The number of hydrogen-bond donors (Lipinski definition) is 1. The molecule has 3 aromatic rings. The Morgan fingerprint density at radius 3 is 2.46 bits per heavy atom. The molecule has 1 aromatic heterocycles. The second-order valence-electron chi connectivity index (χ2n) is 5.98. The molecule has 1 N–H and O–H groups in total. The summed E-state index contributed by atoms with van der Waals surface area (Å²) >= 11 is 5.94. The van der Waals surface area contributed by atoms with E-state index >= 15 is 0 Å². The summed E-state index contributed by atoms with van der Waals surface area (Å²) in [5.41, 5.74) is 3.26. The molecule has 0 aliphatic heterocycles. The molecule has 0 fully saturated rings. The van der Waals surface area contributed by atoms with E-state index in [-0.39, 0.29) is 12.1 Å². The summed E-state index contributed by atoms with van der Waals surface area (Å²) in [6.07, 6.45) is 0. The van der Waals surface area contributed by atoms with E-state index in [4.69, 9.17) is 16.0 Å². The van der Waals surface area contributed by atoms with Crippen molar-refractivity contribution in [1.29, 1.82) is 0 Å². The molecular formula is C19H20ClN3O. The lowest BCUT2D eigenvalue weighted by Gasteiger charge is -2.17. The van der Waals surface area contributed by atoms with Crippen LogP contribution < -0.4 is 5.32 Å². The van der Waals surface area contributed by atoms with Crippen molar-refractivity contribution in [1.82, 2.24) is 15.5 Å². The van der Waals surface area contributed by atoms with Gasteiger partial charge in [0.2, 0.25) is 11.8 Å². The van der Waals surface area contributed by atoms with Crippen molar-refractivity contribution in [2.45, 2.75) is 32.9 Å². The highest BCUT2D eigenvalue weighted by Crippen LogP contribution is 2.24. The van der Waals surface area contributed by atoms with Gasteiger partial charge in [0.1, 0.15) is 0 Å². The van der Waals surface area contributed by atoms with Crippen molar-refractivity contribution in [3.8, 4) is 11.5 Å². The summed E-state index contributed by atoms with van der Waals surface area (Å²) in [7, 11) is 0. The first-order chi connectivity index (χ1) is 11.5. The zero-order chi connectivity index (χ0) is 17.1. The second-order valence-corrected chi connectivity index (χ2v) is 6.41. The number of aryl methyl sites for hydroxylation is 1. The second kappa shape index (κ2) is 7.16. The van der Waals surface area contributed by atoms with Gasteiger partial charge in [0, 0.05) is 16.6 Å². The summed E-state index contributed by atoms with van der Waals surface area (Å²) in [5, 5.41) is 12.6. The Morgan fingerprint density at radius 1 is 1.00 bits per heavy atom. The van der Waals surface area contributed by atoms with Crippen LogP contribution >= 0.6 is 11.6 Å². The quantitative estimate of drug-likeness (QED) is 0.700. The minimum absolute atomic E-state index is 0.0539. The molecule has 0 spiro atoms. The van der Waals surface area contributed by atoms with Gasteiger partial charge in [0.05, 0.1) is 6.04 Å². The van der Waals surface area contributed by atoms with Gasteiger partial charge in [-0.1, -0.05) is 41.4 Å². The molecule has 0 saturated heterocycles. The lowest BCUT2D eigenvalue weighted by atomic mass is 10.1. The van der Waals surface area contributed by atoms with Gasteiger partial charge in [-0.3, -0.25) is 5.32 Å². The molecule has 5 heteroatoms. The predicted octanol–water partition coefficient (Wildman–Crippen LogP) is 5.11. The van der Waals surface area contributed by atoms with E-state index in [1.54, 1.807) is 0 Å². The molecule has 2 atom stereocenters. The van der Waals surface area contributed by atoms with Crippen molar-refractivity contribution in [2.24, 2.45) is 0 Å². The molecule has 2 aromatic carbocycles. The molecule has 0 amide bonds. The highest BCUT2D eigenvalue weighted by Gasteiger charge is 2.17. The third-order valence-electron chi connectivity index (χ3n) is 3.95. The van der Waals surface area contributed by atoms with Crippen LogP contribution in [0.15, 0.2) is 52.9 Å². The molecule has 0 radical (unpaired) electrons. The Kier molecular flexibility index (Phi) is 4.97. The lowest BCUT2D eigenvalue weighted by Crippen LogP contribution is -2.22. The van der Waals surface area contributed by atoms with Crippen LogP contribution in [-0.4, -0.2) is 10.2 Å². The number of hydrogen-bond acceptors (Lipinski definition) is 4. The van der Waals surface area contributed by atoms with Gasteiger partial charge in [-0.05, 0) is 50.6 Å². The molecule has 0 bridgehead atoms. The standard InChI is InChI=1S/C19H20ClN3O/c1-12-5-4-6-16(11-12)19-23-22-18(24-19)14(3)21-13(2)15-7-9-17(20)10-8-15/h4-11,13-14,21H,1-3H3/t13-,14+/m1/s1. The highest BCUT2D eigenvalue weighted by atomic mass is 35.5. The van der Waals surface area contributed by atoms with Crippen LogP contribution in [0.3, 0.4) is 0 Å². The van der Waals surface area contributed by atoms with E-state index in [9.17, 15) is 0 Å². The molecule has 0 unspecified atom stereocenters. The van der Waals surface area contributed by atoms with Crippen LogP contribution in [0.25, 0.3) is 11.5 Å². The van der Waals surface area contributed by atoms with Crippen LogP contribution in [0.5, 0.6) is 0 Å². The fourth-order valence-electron chi connectivity index (χ4n) is 2.60. The number of nitrogens with zero attached hydrogens (tertiary/aromatic N) is 2. The molecule has 1 heterocycles. The molecule has 3 rings (SSSR count). The van der Waals surface area contributed by atoms with Crippen molar-refractivity contribution in [2.75, 3.05) is 0 Å². The minimum Gasteiger partial charge on any atom is -0.419 e. The van der Waals surface area contributed by atoms with Crippen molar-refractivity contribution >= 4 is 11.6 Å². The minimum atomic E-state index is -0.0539. The van der Waals surface area contributed by atoms with E-state index in [1.807, 2.05) is 62.4 Å². The molecule has 0 aliphatic rings. The normalized spacial score (nSPS) is 13.7. The van der Waals surface area contributed by atoms with Gasteiger partial charge in [-0.25, -0.2) is 0 Å². The van der Waals surface area contributed by atoms with Crippen LogP contribution in [0.2, 0.25) is 5.02 Å². The SMILES string of the molecule is Cc1cccc(-c2nnc([C@H](C)N[C@H](C)c3ccc(Cl)cc3)o2)c1. The average Bonchev–Trinajstić information content (AvgIpc) is 3.05. The largest absolute Gasteiger partial charge is 0.419 e. The fourth-order valence-corrected chi connectivity index (χ4v) is 2.72. The molecule has 24 heavy (non-hydrogen) atoms. The molecule has 124 valence electrons. The fraction of sp³-hybridized carbons (Fsp3) is 0.263. The Labute approximate surface area is 146 Å². The van der Waals surface area contributed by atoms with Crippen LogP contribution in [0.1, 0.15) is 42.9 Å². The van der Waals surface area contributed by atoms with Crippen molar-refractivity contribution in [3.05, 3.63) is 70.6 Å². The van der Waals surface area contributed by atoms with E-state index in [0.29, 0.717) is 11.8 Å². The lowest BCUT2D eigenvalue weighted by molar-refractivity contribution is 0.395. The first-order valence-corrected chi connectivity index (χ1v) is 8.32. The monoisotopic (exact) mass is 341 g/mol. The first kappa shape index (κ1) is 16.7. The van der Waals surface area contributed by atoms with E-state index in [2.05, 4.69) is 22.4 Å². The number of benzene rings is 2. The van der Waals surface area contributed by atoms with Crippen molar-refractivity contribution < 1.29 is 4.42 Å². The van der Waals surface area contributed by atoms with E-state index in [0.717, 1.165) is 21.7 Å². The van der Waals surface area contributed by atoms with Crippen LogP contribution in [0, 0.1) is 6.92 Å². The predicted molar refractivity (Wildman–Crippen MR) is 95.9 cm³/mol. The number of halogens is 1. The topological polar surface area (TPSA) is 51.0 Å². The maximum atomic E-state index is 5.94. The van der Waals surface area contributed by atoms with Crippen molar-refractivity contribution in [3.63, 3.8) is 0 Å².